The minimum absolute atomic E-state index is 0.214. The Hall–Kier alpha value is -8.18. The van der Waals surface area contributed by atoms with Gasteiger partial charge in [0.25, 0.3) is 0 Å². The largest absolute Gasteiger partial charge is 0.309 e. The highest BCUT2D eigenvalue weighted by Crippen LogP contribution is 2.62. The zero-order valence-corrected chi connectivity index (χ0v) is 34.8. The average Bonchev–Trinajstić information content (AvgIpc) is 3.98. The molecule has 0 saturated heterocycles. The van der Waals surface area contributed by atoms with Crippen LogP contribution in [0, 0.1) is 0 Å². The summed E-state index contributed by atoms with van der Waals surface area (Å²) >= 11 is 0. The van der Waals surface area contributed by atoms with E-state index in [0.717, 1.165) is 34.0 Å². The summed E-state index contributed by atoms with van der Waals surface area (Å²) in [6.45, 7) is 0. The van der Waals surface area contributed by atoms with E-state index in [1.54, 1.807) is 0 Å². The summed E-state index contributed by atoms with van der Waals surface area (Å²) in [5, 5.41) is 10.0. The van der Waals surface area contributed by atoms with Crippen molar-refractivity contribution in [2.45, 2.75) is 11.6 Å². The third kappa shape index (κ3) is 4.91. The molecular formula is C60H39N4+. The molecule has 4 nitrogen and oxygen atoms in total. The number of aliphatic imine (C=N–C) groups is 2. The number of aromatic nitrogens is 1. The Morgan fingerprint density at radius 2 is 1.05 bits per heavy atom. The fraction of sp³-hybridized carbons (Fsp3) is 0.0333. The monoisotopic (exact) mass is 815 g/mol. The van der Waals surface area contributed by atoms with Crippen molar-refractivity contribution in [3.05, 3.63) is 257 Å². The highest BCUT2D eigenvalue weighted by atomic mass is 15.2. The maximum Gasteiger partial charge on any atom is 0.235 e. The van der Waals surface area contributed by atoms with Crippen LogP contribution in [0.5, 0.6) is 0 Å². The minimum atomic E-state index is -0.389. The van der Waals surface area contributed by atoms with Crippen molar-refractivity contribution in [1.29, 1.82) is 0 Å². The van der Waals surface area contributed by atoms with Gasteiger partial charge >= 0.3 is 0 Å². The van der Waals surface area contributed by atoms with Gasteiger partial charge in [0.15, 0.2) is 5.84 Å². The zero-order chi connectivity index (χ0) is 41.9. The van der Waals surface area contributed by atoms with Gasteiger partial charge in [-0.3, -0.25) is 5.32 Å². The van der Waals surface area contributed by atoms with Crippen molar-refractivity contribution >= 4 is 55.0 Å². The van der Waals surface area contributed by atoms with E-state index in [2.05, 4.69) is 222 Å². The molecule has 14 rings (SSSR count). The fourth-order valence-corrected chi connectivity index (χ4v) is 11.4. The number of hydrogen-bond acceptors (Lipinski definition) is 2. The molecule has 1 unspecified atom stereocenters. The number of nitrogens with two attached hydrogens (primary N) is 1. The van der Waals surface area contributed by atoms with Gasteiger partial charge in [0.2, 0.25) is 12.0 Å². The standard InChI is InChI=1S/C60H38N4/c1-3-13-40(14-4-1)57-61-58(63-59(62-57)43-32-34-54-48(35-43)47-20-8-10-24-53(47)64(54)44-17-5-2-6-18-44)41-29-25-37(26-30-41)42-31-33-46-45-19-7-9-21-49(45)60(52(46)36-42)50-22-11-15-38-27-28-39-16-12-23-51(60)56(39)55(38)50/h1-36,58H,(H,61,62,63)/p+1. The number of nitrogens with zero attached hydrogens (tertiary/aromatic N) is 3. The van der Waals surface area contributed by atoms with E-state index in [4.69, 9.17) is 9.98 Å². The van der Waals surface area contributed by atoms with Crippen molar-refractivity contribution < 1.29 is 5.32 Å². The summed E-state index contributed by atoms with van der Waals surface area (Å²) in [6, 6.07) is 80.1. The van der Waals surface area contributed by atoms with Gasteiger partial charge in [-0.25, -0.2) is 4.99 Å². The van der Waals surface area contributed by atoms with Crippen molar-refractivity contribution in [1.82, 2.24) is 4.57 Å². The molecule has 3 aliphatic rings. The Morgan fingerprint density at radius 3 is 1.83 bits per heavy atom. The van der Waals surface area contributed by atoms with Crippen LogP contribution < -0.4 is 5.32 Å². The summed E-state index contributed by atoms with van der Waals surface area (Å²) in [4.78, 5) is 10.5. The lowest BCUT2D eigenvalue weighted by Crippen LogP contribution is -2.90. The lowest BCUT2D eigenvalue weighted by molar-refractivity contribution is -0.586. The molecule has 2 heterocycles. The van der Waals surface area contributed by atoms with E-state index in [-0.39, 0.29) is 11.6 Å². The van der Waals surface area contributed by atoms with Gasteiger partial charge in [-0.05, 0) is 109 Å². The number of hydrogen-bond donors (Lipinski definition) is 1. The van der Waals surface area contributed by atoms with E-state index in [1.807, 2.05) is 6.07 Å². The molecule has 0 saturated carbocycles. The lowest BCUT2D eigenvalue weighted by Gasteiger charge is -2.31. The summed E-state index contributed by atoms with van der Waals surface area (Å²) in [5.74, 6) is 1.66. The molecule has 11 aromatic rings. The van der Waals surface area contributed by atoms with Crippen LogP contribution >= 0.6 is 0 Å². The minimum Gasteiger partial charge on any atom is -0.309 e. The number of quaternary nitrogens is 1. The van der Waals surface area contributed by atoms with Gasteiger partial charge in [-0.1, -0.05) is 176 Å². The second-order valence-corrected chi connectivity index (χ2v) is 17.4. The normalized spacial score (nSPS) is 15.6. The third-order valence-corrected chi connectivity index (χ3v) is 14.1. The van der Waals surface area contributed by atoms with Crippen LogP contribution in [-0.2, 0) is 5.41 Å². The second kappa shape index (κ2) is 13.4. The van der Waals surface area contributed by atoms with Crippen LogP contribution in [0.25, 0.3) is 71.3 Å². The lowest BCUT2D eigenvalue weighted by atomic mass is 9.70. The predicted molar refractivity (Wildman–Crippen MR) is 263 cm³/mol. The van der Waals surface area contributed by atoms with Gasteiger partial charge in [0.1, 0.15) is 0 Å². The van der Waals surface area contributed by atoms with Crippen LogP contribution in [0.3, 0.4) is 0 Å². The summed E-state index contributed by atoms with van der Waals surface area (Å²) in [6.07, 6.45) is -0.214. The molecule has 10 aromatic carbocycles. The van der Waals surface area contributed by atoms with Crippen molar-refractivity contribution in [3.8, 4) is 27.9 Å². The van der Waals surface area contributed by atoms with Gasteiger partial charge in [-0.15, -0.1) is 0 Å². The van der Waals surface area contributed by atoms with E-state index in [1.165, 1.54) is 87.9 Å². The van der Waals surface area contributed by atoms with Gasteiger partial charge in [0.05, 0.1) is 22.0 Å². The molecule has 1 aliphatic heterocycles. The second-order valence-electron chi connectivity index (χ2n) is 17.4. The van der Waals surface area contributed by atoms with Gasteiger partial charge < -0.3 is 4.57 Å². The van der Waals surface area contributed by atoms with E-state index >= 15 is 0 Å². The Bertz CT molecular complexity index is 3740. The topological polar surface area (TPSA) is 46.3 Å². The van der Waals surface area contributed by atoms with Crippen LogP contribution in [0.15, 0.2) is 228 Å². The third-order valence-electron chi connectivity index (χ3n) is 14.1. The van der Waals surface area contributed by atoms with Crippen molar-refractivity contribution in [2.75, 3.05) is 0 Å². The molecule has 1 spiro atoms. The molecule has 0 amide bonds. The van der Waals surface area contributed by atoms with Gasteiger partial charge in [0, 0.05) is 27.6 Å². The van der Waals surface area contributed by atoms with Crippen molar-refractivity contribution in [2.24, 2.45) is 9.98 Å². The Morgan fingerprint density at radius 1 is 0.422 bits per heavy atom. The predicted octanol–water partition coefficient (Wildman–Crippen LogP) is 12.9. The summed E-state index contributed by atoms with van der Waals surface area (Å²) in [5.41, 5.74) is 16.8. The van der Waals surface area contributed by atoms with Crippen LogP contribution in [0.4, 0.5) is 0 Å². The molecule has 0 fully saturated rings. The Balaban J connectivity index is 0.861. The highest BCUT2D eigenvalue weighted by molar-refractivity contribution is 6.18. The van der Waals surface area contributed by atoms with Gasteiger partial charge in [-0.2, -0.15) is 4.99 Å². The molecule has 2 N–H and O–H groups in total. The summed E-state index contributed by atoms with van der Waals surface area (Å²) < 4.78 is 2.36. The number of fused-ring (bicyclic) bond motifs is 10. The summed E-state index contributed by atoms with van der Waals surface area (Å²) in [7, 11) is 0. The maximum atomic E-state index is 5.30. The molecule has 64 heavy (non-hydrogen) atoms. The number of para-hydroxylation sites is 2. The quantitative estimate of drug-likeness (QED) is 0.168. The number of rotatable bonds is 5. The van der Waals surface area contributed by atoms with E-state index in [0.29, 0.717) is 0 Å². The van der Waals surface area contributed by atoms with Crippen LogP contribution in [0.1, 0.15) is 45.1 Å². The Kier molecular flexibility index (Phi) is 7.42. The first kappa shape index (κ1) is 35.4. The first-order chi connectivity index (χ1) is 31.7. The fourth-order valence-electron chi connectivity index (χ4n) is 11.4. The molecule has 4 heteroatoms. The molecule has 2 aliphatic carbocycles. The SMILES string of the molecule is c1ccc(C2=NC(c3ccc(-c4ccc5c(c4)C4(c6ccccc6-5)c5cccc6ccc7cccc4c7c56)cc3)[NH2+]C(c3ccc4c(c3)c3ccccc3n4-c3ccccc3)=N2)cc1. The smallest absolute Gasteiger partial charge is 0.235 e. The molecule has 1 atom stereocenters. The van der Waals surface area contributed by atoms with Crippen LogP contribution in [-0.4, -0.2) is 16.2 Å². The van der Waals surface area contributed by atoms with Crippen LogP contribution in [0.2, 0.25) is 0 Å². The molecule has 298 valence electrons. The Labute approximate surface area is 370 Å². The highest BCUT2D eigenvalue weighted by Gasteiger charge is 2.50. The molecule has 1 aromatic heterocycles. The molecule has 0 bridgehead atoms. The number of benzene rings is 10. The zero-order valence-electron chi connectivity index (χ0n) is 34.8. The van der Waals surface area contributed by atoms with E-state index in [9.17, 15) is 0 Å². The van der Waals surface area contributed by atoms with Crippen molar-refractivity contribution in [3.63, 3.8) is 0 Å². The first-order valence-electron chi connectivity index (χ1n) is 22.2. The van der Waals surface area contributed by atoms with E-state index < -0.39 is 0 Å². The average molecular weight is 816 g/mol. The maximum absolute atomic E-state index is 5.30. The molecule has 0 radical (unpaired) electrons. The number of amidine groups is 2. The molecular weight excluding hydrogens is 777 g/mol. The first-order valence-corrected chi connectivity index (χ1v) is 22.2.